The molecule has 0 bridgehead atoms. The summed E-state index contributed by atoms with van der Waals surface area (Å²) in [5.74, 6) is 0.679. The smallest absolute Gasteiger partial charge is 0.0721 e. The molecule has 46 valence electrons. The zero-order valence-corrected chi connectivity index (χ0v) is 5.17. The molecule has 0 radical (unpaired) electrons. The standard InChI is InChI=1S/C7H12O/c1-6-2-4-7(8)5-3-6/h2,4,6-8H,3,5H2,1H3/t6-,7-/m0/s1. The number of aliphatic hydroxyl groups is 1. The number of hydrogen-bond donors (Lipinski definition) is 1. The Morgan fingerprint density at radius 1 is 1.38 bits per heavy atom. The van der Waals surface area contributed by atoms with Crippen molar-refractivity contribution in [2.75, 3.05) is 0 Å². The van der Waals surface area contributed by atoms with E-state index in [1.165, 1.54) is 0 Å². The maximum Gasteiger partial charge on any atom is 0.0721 e. The molecule has 0 aromatic rings. The van der Waals surface area contributed by atoms with Gasteiger partial charge in [-0.1, -0.05) is 19.1 Å². The Morgan fingerprint density at radius 3 is 2.50 bits per heavy atom. The van der Waals surface area contributed by atoms with Crippen molar-refractivity contribution in [3.63, 3.8) is 0 Å². The molecular formula is C7H12O. The number of rotatable bonds is 0. The lowest BCUT2D eigenvalue weighted by Gasteiger charge is -2.14. The van der Waals surface area contributed by atoms with E-state index in [1.54, 1.807) is 0 Å². The lowest BCUT2D eigenvalue weighted by atomic mass is 9.96. The van der Waals surface area contributed by atoms with Gasteiger partial charge in [-0.15, -0.1) is 0 Å². The van der Waals surface area contributed by atoms with Gasteiger partial charge in [0.1, 0.15) is 0 Å². The van der Waals surface area contributed by atoms with Gasteiger partial charge in [-0.2, -0.15) is 0 Å². The molecule has 0 amide bonds. The second-order valence-corrected chi connectivity index (χ2v) is 2.51. The molecule has 0 aromatic heterocycles. The first kappa shape index (κ1) is 5.83. The van der Waals surface area contributed by atoms with E-state index in [4.69, 9.17) is 5.11 Å². The minimum Gasteiger partial charge on any atom is -0.389 e. The van der Waals surface area contributed by atoms with Gasteiger partial charge < -0.3 is 5.11 Å². The van der Waals surface area contributed by atoms with Crippen LogP contribution in [-0.4, -0.2) is 11.2 Å². The second kappa shape index (κ2) is 2.31. The number of aliphatic hydroxyl groups excluding tert-OH is 1. The van der Waals surface area contributed by atoms with Crippen molar-refractivity contribution in [1.29, 1.82) is 0 Å². The zero-order chi connectivity index (χ0) is 5.98. The number of hydrogen-bond acceptors (Lipinski definition) is 1. The molecule has 1 aliphatic rings. The first-order chi connectivity index (χ1) is 3.79. The largest absolute Gasteiger partial charge is 0.389 e. The van der Waals surface area contributed by atoms with E-state index in [9.17, 15) is 0 Å². The molecule has 0 saturated heterocycles. The third-order valence-electron chi connectivity index (χ3n) is 1.58. The minimum absolute atomic E-state index is 0.161. The van der Waals surface area contributed by atoms with E-state index in [0.29, 0.717) is 5.92 Å². The Hall–Kier alpha value is -0.300. The minimum atomic E-state index is -0.161. The molecule has 1 heteroatoms. The molecule has 0 heterocycles. The summed E-state index contributed by atoms with van der Waals surface area (Å²) in [6.45, 7) is 2.17. The van der Waals surface area contributed by atoms with Gasteiger partial charge in [0.25, 0.3) is 0 Å². The summed E-state index contributed by atoms with van der Waals surface area (Å²) in [6.07, 6.45) is 5.88. The van der Waals surface area contributed by atoms with Gasteiger partial charge in [-0.3, -0.25) is 0 Å². The van der Waals surface area contributed by atoms with E-state index < -0.39 is 0 Å². The molecule has 1 nitrogen and oxygen atoms in total. The molecule has 0 saturated carbocycles. The predicted octanol–water partition coefficient (Wildman–Crippen LogP) is 1.33. The Kier molecular flexibility index (Phi) is 1.69. The molecule has 0 spiro atoms. The molecule has 2 atom stereocenters. The van der Waals surface area contributed by atoms with Crippen molar-refractivity contribution in [3.05, 3.63) is 12.2 Å². The fourth-order valence-corrected chi connectivity index (χ4v) is 0.944. The molecule has 0 unspecified atom stereocenters. The maximum atomic E-state index is 8.94. The Balaban J connectivity index is 2.42. The highest BCUT2D eigenvalue weighted by atomic mass is 16.3. The molecule has 8 heavy (non-hydrogen) atoms. The summed E-state index contributed by atoms with van der Waals surface area (Å²) >= 11 is 0. The third-order valence-corrected chi connectivity index (χ3v) is 1.58. The molecule has 1 N–H and O–H groups in total. The summed E-state index contributed by atoms with van der Waals surface area (Å²) in [7, 11) is 0. The lowest BCUT2D eigenvalue weighted by Crippen LogP contribution is -2.09. The lowest BCUT2D eigenvalue weighted by molar-refractivity contribution is 0.196. The number of allylic oxidation sites excluding steroid dienone is 1. The maximum absolute atomic E-state index is 8.94. The van der Waals surface area contributed by atoms with Gasteiger partial charge in [-0.25, -0.2) is 0 Å². The van der Waals surface area contributed by atoms with Crippen LogP contribution in [0, 0.1) is 5.92 Å². The van der Waals surface area contributed by atoms with Gasteiger partial charge in [0.2, 0.25) is 0 Å². The van der Waals surface area contributed by atoms with Crippen LogP contribution in [0.5, 0.6) is 0 Å². The zero-order valence-electron chi connectivity index (χ0n) is 5.17. The van der Waals surface area contributed by atoms with Crippen LogP contribution in [0.4, 0.5) is 0 Å². The van der Waals surface area contributed by atoms with E-state index >= 15 is 0 Å². The Morgan fingerprint density at radius 2 is 2.12 bits per heavy atom. The van der Waals surface area contributed by atoms with Crippen molar-refractivity contribution in [2.24, 2.45) is 5.92 Å². The van der Waals surface area contributed by atoms with Crippen molar-refractivity contribution in [3.8, 4) is 0 Å². The molecule has 1 aliphatic carbocycles. The van der Waals surface area contributed by atoms with Gasteiger partial charge in [-0.05, 0) is 18.8 Å². The highest BCUT2D eigenvalue weighted by Gasteiger charge is 2.07. The van der Waals surface area contributed by atoms with Crippen molar-refractivity contribution in [1.82, 2.24) is 0 Å². The fraction of sp³-hybridized carbons (Fsp3) is 0.714. The van der Waals surface area contributed by atoms with Crippen molar-refractivity contribution >= 4 is 0 Å². The van der Waals surface area contributed by atoms with Gasteiger partial charge in [0, 0.05) is 0 Å². The fourth-order valence-electron chi connectivity index (χ4n) is 0.944. The van der Waals surface area contributed by atoms with Crippen molar-refractivity contribution in [2.45, 2.75) is 25.9 Å². The predicted molar refractivity (Wildman–Crippen MR) is 33.5 cm³/mol. The molecule has 0 aromatic carbocycles. The summed E-state index contributed by atoms with van der Waals surface area (Å²) in [5, 5.41) is 8.94. The molecule has 1 rings (SSSR count). The van der Waals surface area contributed by atoms with Crippen LogP contribution in [0.1, 0.15) is 19.8 Å². The van der Waals surface area contributed by atoms with Crippen LogP contribution < -0.4 is 0 Å². The van der Waals surface area contributed by atoms with E-state index in [0.717, 1.165) is 12.8 Å². The van der Waals surface area contributed by atoms with E-state index in [2.05, 4.69) is 13.0 Å². The van der Waals surface area contributed by atoms with E-state index in [1.807, 2.05) is 6.08 Å². The topological polar surface area (TPSA) is 20.2 Å². The Bertz CT molecular complexity index is 84.6. The SMILES string of the molecule is C[C@H]1C=C[C@H](O)CC1. The quantitative estimate of drug-likeness (QED) is 0.469. The summed E-state index contributed by atoms with van der Waals surface area (Å²) < 4.78 is 0. The second-order valence-electron chi connectivity index (χ2n) is 2.51. The van der Waals surface area contributed by atoms with Gasteiger partial charge >= 0.3 is 0 Å². The summed E-state index contributed by atoms with van der Waals surface area (Å²) in [5.41, 5.74) is 0. The Labute approximate surface area is 50.0 Å². The summed E-state index contributed by atoms with van der Waals surface area (Å²) in [6, 6.07) is 0. The van der Waals surface area contributed by atoms with Crippen LogP contribution in [-0.2, 0) is 0 Å². The van der Waals surface area contributed by atoms with Gasteiger partial charge in [0.15, 0.2) is 0 Å². The first-order valence-corrected chi connectivity index (χ1v) is 3.15. The van der Waals surface area contributed by atoms with Crippen molar-refractivity contribution < 1.29 is 5.11 Å². The van der Waals surface area contributed by atoms with Gasteiger partial charge in [0.05, 0.1) is 6.10 Å². The molecule has 0 fully saturated rings. The van der Waals surface area contributed by atoms with Crippen LogP contribution in [0.15, 0.2) is 12.2 Å². The summed E-state index contributed by atoms with van der Waals surface area (Å²) in [4.78, 5) is 0. The van der Waals surface area contributed by atoms with E-state index in [-0.39, 0.29) is 6.10 Å². The molecular weight excluding hydrogens is 100 g/mol. The monoisotopic (exact) mass is 112 g/mol. The highest BCUT2D eigenvalue weighted by Crippen LogP contribution is 2.15. The average molecular weight is 112 g/mol. The molecule has 0 aliphatic heterocycles. The van der Waals surface area contributed by atoms with Crippen LogP contribution in [0.2, 0.25) is 0 Å². The third kappa shape index (κ3) is 1.34. The van der Waals surface area contributed by atoms with Crippen LogP contribution in [0.3, 0.4) is 0 Å². The average Bonchev–Trinajstić information content (AvgIpc) is 1.77. The normalized spacial score (nSPS) is 37.8. The van der Waals surface area contributed by atoms with Crippen LogP contribution >= 0.6 is 0 Å². The first-order valence-electron chi connectivity index (χ1n) is 3.15. The highest BCUT2D eigenvalue weighted by molar-refractivity contribution is 4.96. The van der Waals surface area contributed by atoms with Crippen LogP contribution in [0.25, 0.3) is 0 Å².